The van der Waals surface area contributed by atoms with Crippen LogP contribution in [0.5, 0.6) is 0 Å². The Bertz CT molecular complexity index is 582. The number of rotatable bonds is 5. The van der Waals surface area contributed by atoms with Gasteiger partial charge in [-0.3, -0.25) is 0 Å². The Hall–Kier alpha value is -1.39. The summed E-state index contributed by atoms with van der Waals surface area (Å²) in [5, 5.41) is 13.2. The molecule has 0 bridgehead atoms. The largest absolute Gasteiger partial charge is 0.394 e. The number of imidazole rings is 1. The van der Waals surface area contributed by atoms with Crippen molar-refractivity contribution in [3.8, 4) is 0 Å². The van der Waals surface area contributed by atoms with Gasteiger partial charge in [0.2, 0.25) is 0 Å². The van der Waals surface area contributed by atoms with Crippen LogP contribution < -0.4 is 5.32 Å². The van der Waals surface area contributed by atoms with Crippen molar-refractivity contribution in [2.75, 3.05) is 13.7 Å². The maximum atomic E-state index is 9.85. The molecule has 3 rings (SSSR count). The summed E-state index contributed by atoms with van der Waals surface area (Å²) >= 11 is 0. The lowest BCUT2D eigenvalue weighted by atomic mass is 9.94. The van der Waals surface area contributed by atoms with Gasteiger partial charge in [0.15, 0.2) is 0 Å². The molecule has 1 aromatic heterocycles. The van der Waals surface area contributed by atoms with E-state index < -0.39 is 0 Å². The van der Waals surface area contributed by atoms with E-state index in [9.17, 15) is 5.11 Å². The Morgan fingerprint density at radius 3 is 2.79 bits per heavy atom. The zero-order chi connectivity index (χ0) is 13.5. The van der Waals surface area contributed by atoms with Crippen LogP contribution in [0.15, 0.2) is 24.3 Å². The van der Waals surface area contributed by atoms with E-state index in [2.05, 4.69) is 20.9 Å². The summed E-state index contributed by atoms with van der Waals surface area (Å²) in [6.45, 7) is 2.97. The predicted octanol–water partition coefficient (Wildman–Crippen LogP) is 1.71. The summed E-state index contributed by atoms with van der Waals surface area (Å²) < 4.78 is 2.22. The molecule has 0 amide bonds. The van der Waals surface area contributed by atoms with Gasteiger partial charge < -0.3 is 15.0 Å². The number of aliphatic hydroxyl groups excluding tert-OH is 1. The number of fused-ring (bicyclic) bond motifs is 1. The van der Waals surface area contributed by atoms with Gasteiger partial charge >= 0.3 is 0 Å². The molecule has 4 nitrogen and oxygen atoms in total. The molecule has 1 saturated carbocycles. The number of aliphatic hydroxyl groups is 1. The summed E-state index contributed by atoms with van der Waals surface area (Å²) in [5.41, 5.74) is 1.96. The molecule has 1 aromatic carbocycles. The van der Waals surface area contributed by atoms with Crippen molar-refractivity contribution in [1.29, 1.82) is 0 Å². The lowest BCUT2D eigenvalue weighted by Crippen LogP contribution is -2.52. The molecule has 1 atom stereocenters. The normalized spacial score (nSPS) is 18.7. The van der Waals surface area contributed by atoms with Crippen LogP contribution >= 0.6 is 0 Å². The fraction of sp³-hybridized carbons (Fsp3) is 0.533. The summed E-state index contributed by atoms with van der Waals surface area (Å²) in [6.07, 6.45) is 2.40. The van der Waals surface area contributed by atoms with Crippen LogP contribution in [-0.2, 0) is 6.54 Å². The van der Waals surface area contributed by atoms with Crippen LogP contribution in [0.1, 0.15) is 18.7 Å². The maximum Gasteiger partial charge on any atom is 0.106 e. The number of aryl methyl sites for hydroxylation is 1. The topological polar surface area (TPSA) is 50.1 Å². The Balaban J connectivity index is 2.02. The standard InChI is InChI=1S/C15H21N3O/c1-11-17-13-5-3-4-6-14(13)18(11)9-15(10-19,16-2)12-7-8-12/h3-6,12,16,19H,7-10H2,1-2H3. The van der Waals surface area contributed by atoms with Gasteiger partial charge in [0.1, 0.15) is 5.82 Å². The van der Waals surface area contributed by atoms with Crippen LogP contribution in [0.4, 0.5) is 0 Å². The molecule has 2 aromatic rings. The second-order valence-electron chi connectivity index (χ2n) is 5.57. The van der Waals surface area contributed by atoms with Gasteiger partial charge in [0.05, 0.1) is 23.2 Å². The summed E-state index contributed by atoms with van der Waals surface area (Å²) in [5.74, 6) is 1.58. The third kappa shape index (κ3) is 2.05. The fourth-order valence-electron chi connectivity index (χ4n) is 2.98. The number of hydrogen-bond acceptors (Lipinski definition) is 3. The molecule has 2 N–H and O–H groups in total. The molecule has 1 unspecified atom stereocenters. The van der Waals surface area contributed by atoms with Crippen LogP contribution in [0, 0.1) is 12.8 Å². The van der Waals surface area contributed by atoms with Crippen molar-refractivity contribution in [2.24, 2.45) is 5.92 Å². The first-order valence-corrected chi connectivity index (χ1v) is 6.92. The highest BCUT2D eigenvalue weighted by molar-refractivity contribution is 5.75. The van der Waals surface area contributed by atoms with Crippen molar-refractivity contribution < 1.29 is 5.11 Å². The molecule has 0 radical (unpaired) electrons. The lowest BCUT2D eigenvalue weighted by Gasteiger charge is -2.33. The molecule has 1 aliphatic carbocycles. The third-order valence-corrected chi connectivity index (χ3v) is 4.42. The minimum atomic E-state index is -0.214. The van der Waals surface area contributed by atoms with E-state index in [0.29, 0.717) is 5.92 Å². The Morgan fingerprint density at radius 1 is 1.42 bits per heavy atom. The van der Waals surface area contributed by atoms with Crippen LogP contribution in [0.3, 0.4) is 0 Å². The van der Waals surface area contributed by atoms with E-state index in [-0.39, 0.29) is 12.1 Å². The number of likely N-dealkylation sites (N-methyl/N-ethyl adjacent to an activating group) is 1. The number of nitrogens with zero attached hydrogens (tertiary/aromatic N) is 2. The van der Waals surface area contributed by atoms with E-state index in [1.165, 1.54) is 12.8 Å². The van der Waals surface area contributed by atoms with Gasteiger partial charge in [0, 0.05) is 6.54 Å². The molecule has 0 aliphatic heterocycles. The fourth-order valence-corrected chi connectivity index (χ4v) is 2.98. The quantitative estimate of drug-likeness (QED) is 0.859. The van der Waals surface area contributed by atoms with E-state index in [0.717, 1.165) is 23.4 Å². The predicted molar refractivity (Wildman–Crippen MR) is 76.1 cm³/mol. The molecule has 19 heavy (non-hydrogen) atoms. The first-order valence-electron chi connectivity index (χ1n) is 6.92. The highest BCUT2D eigenvalue weighted by Gasteiger charge is 2.44. The molecular weight excluding hydrogens is 238 g/mol. The smallest absolute Gasteiger partial charge is 0.106 e. The minimum Gasteiger partial charge on any atom is -0.394 e. The van der Waals surface area contributed by atoms with Gasteiger partial charge in [-0.2, -0.15) is 0 Å². The first kappa shape index (κ1) is 12.6. The number of aromatic nitrogens is 2. The number of hydrogen-bond donors (Lipinski definition) is 2. The summed E-state index contributed by atoms with van der Waals surface area (Å²) in [6, 6.07) is 8.18. The summed E-state index contributed by atoms with van der Waals surface area (Å²) in [4.78, 5) is 4.60. The minimum absolute atomic E-state index is 0.167. The second-order valence-corrected chi connectivity index (χ2v) is 5.57. The molecule has 0 saturated heterocycles. The van der Waals surface area contributed by atoms with Gasteiger partial charge in [0.25, 0.3) is 0 Å². The zero-order valence-electron chi connectivity index (χ0n) is 11.6. The number of nitrogens with one attached hydrogen (secondary N) is 1. The van der Waals surface area contributed by atoms with Crippen molar-refractivity contribution in [3.05, 3.63) is 30.1 Å². The molecule has 102 valence electrons. The Labute approximate surface area is 113 Å². The van der Waals surface area contributed by atoms with Crippen LogP contribution in [0.2, 0.25) is 0 Å². The van der Waals surface area contributed by atoms with Crippen LogP contribution in [-0.4, -0.2) is 33.9 Å². The van der Waals surface area contributed by atoms with Gasteiger partial charge in [-0.1, -0.05) is 12.1 Å². The monoisotopic (exact) mass is 259 g/mol. The molecule has 1 heterocycles. The zero-order valence-corrected chi connectivity index (χ0v) is 11.6. The first-order chi connectivity index (χ1) is 9.20. The Morgan fingerprint density at radius 2 is 2.16 bits per heavy atom. The van der Waals surface area contributed by atoms with Gasteiger partial charge in [-0.05, 0) is 44.9 Å². The molecule has 4 heteroatoms. The average Bonchev–Trinajstić information content (AvgIpc) is 3.23. The van der Waals surface area contributed by atoms with E-state index in [1.54, 1.807) is 0 Å². The molecular formula is C15H21N3O. The van der Waals surface area contributed by atoms with Crippen molar-refractivity contribution >= 4 is 11.0 Å². The van der Waals surface area contributed by atoms with Crippen molar-refractivity contribution in [2.45, 2.75) is 31.8 Å². The SMILES string of the molecule is CNC(CO)(Cn1c(C)nc2ccccc21)C1CC1. The Kier molecular flexibility index (Phi) is 3.07. The second kappa shape index (κ2) is 4.62. The average molecular weight is 259 g/mol. The maximum absolute atomic E-state index is 9.85. The van der Waals surface area contributed by atoms with E-state index in [1.807, 2.05) is 32.2 Å². The number of para-hydroxylation sites is 2. The lowest BCUT2D eigenvalue weighted by molar-refractivity contribution is 0.130. The third-order valence-electron chi connectivity index (χ3n) is 4.42. The van der Waals surface area contributed by atoms with E-state index in [4.69, 9.17) is 0 Å². The highest BCUT2D eigenvalue weighted by Crippen LogP contribution is 2.40. The molecule has 0 spiro atoms. The van der Waals surface area contributed by atoms with Gasteiger partial charge in [-0.15, -0.1) is 0 Å². The van der Waals surface area contributed by atoms with Gasteiger partial charge in [-0.25, -0.2) is 4.98 Å². The molecule has 1 aliphatic rings. The van der Waals surface area contributed by atoms with Crippen molar-refractivity contribution in [1.82, 2.24) is 14.9 Å². The van der Waals surface area contributed by atoms with Crippen LogP contribution in [0.25, 0.3) is 11.0 Å². The highest BCUT2D eigenvalue weighted by atomic mass is 16.3. The van der Waals surface area contributed by atoms with Crippen molar-refractivity contribution in [3.63, 3.8) is 0 Å². The molecule has 1 fully saturated rings. The summed E-state index contributed by atoms with van der Waals surface area (Å²) in [7, 11) is 1.95. The van der Waals surface area contributed by atoms with E-state index >= 15 is 0 Å². The number of benzene rings is 1.